The molecule has 0 fully saturated rings. The number of hydrogen-bond donors (Lipinski definition) is 2. The van der Waals surface area contributed by atoms with Crippen LogP contribution < -0.4 is 4.74 Å². The summed E-state index contributed by atoms with van der Waals surface area (Å²) in [5.74, 6) is -0.653. The summed E-state index contributed by atoms with van der Waals surface area (Å²) in [6.07, 6.45) is 2.48. The van der Waals surface area contributed by atoms with Gasteiger partial charge in [-0.05, 0) is 54.7 Å². The van der Waals surface area contributed by atoms with E-state index in [2.05, 4.69) is 0 Å². The normalized spacial score (nSPS) is 11.9. The van der Waals surface area contributed by atoms with Crippen molar-refractivity contribution in [3.8, 4) is 5.75 Å². The van der Waals surface area contributed by atoms with Gasteiger partial charge in [-0.2, -0.15) is 0 Å². The maximum Gasteiger partial charge on any atom is 0.332 e. The molecule has 0 aliphatic rings. The van der Waals surface area contributed by atoms with Crippen LogP contribution in [-0.2, 0) is 17.8 Å². The molecule has 0 saturated heterocycles. The van der Waals surface area contributed by atoms with Gasteiger partial charge < -0.3 is 14.9 Å². The first-order valence-electron chi connectivity index (χ1n) is 8.41. The number of carboxylic acids is 1. The van der Waals surface area contributed by atoms with Crippen LogP contribution in [0.25, 0.3) is 0 Å². The largest absolute Gasteiger partial charge is 0.489 e. The molecular formula is C20H23FO4. The number of aliphatic carboxylic acids is 1. The molecule has 25 heavy (non-hydrogen) atoms. The van der Waals surface area contributed by atoms with Crippen LogP contribution in [0.4, 0.5) is 4.39 Å². The first-order chi connectivity index (χ1) is 12.0. The maximum atomic E-state index is 12.8. The predicted molar refractivity (Wildman–Crippen MR) is 93.0 cm³/mol. The summed E-state index contributed by atoms with van der Waals surface area (Å²) in [6, 6.07) is 14.1. The highest BCUT2D eigenvalue weighted by Gasteiger charge is 2.11. The average Bonchev–Trinajstić information content (AvgIpc) is 2.61. The van der Waals surface area contributed by atoms with Gasteiger partial charge in [0.2, 0.25) is 0 Å². The molecular weight excluding hydrogens is 323 g/mol. The summed E-state index contributed by atoms with van der Waals surface area (Å²) < 4.78 is 18.5. The zero-order valence-electron chi connectivity index (χ0n) is 14.0. The average molecular weight is 346 g/mol. The summed E-state index contributed by atoms with van der Waals surface area (Å²) >= 11 is 0. The Hall–Kier alpha value is -2.40. The molecule has 0 bridgehead atoms. The lowest BCUT2D eigenvalue weighted by Crippen LogP contribution is -2.18. The third-order valence-corrected chi connectivity index (χ3v) is 3.97. The quantitative estimate of drug-likeness (QED) is 0.639. The summed E-state index contributed by atoms with van der Waals surface area (Å²) in [4.78, 5) is 10.5. The molecule has 1 unspecified atom stereocenters. The predicted octanol–water partition coefficient (Wildman–Crippen LogP) is 3.95. The number of carboxylic acid groups (broad SMARTS) is 1. The van der Waals surface area contributed by atoms with Crippen molar-refractivity contribution in [2.45, 2.75) is 44.8 Å². The topological polar surface area (TPSA) is 66.8 Å². The Balaban J connectivity index is 1.67. The second kappa shape index (κ2) is 9.79. The Bertz CT molecular complexity index is 652. The number of carbonyl (C=O) groups is 1. The Labute approximate surface area is 146 Å². The molecule has 0 radical (unpaired) electrons. The SMILES string of the molecule is O=C(O)C(O)CCCCCc1ccc(OCc2ccc(F)cc2)cc1. The lowest BCUT2D eigenvalue weighted by molar-refractivity contribution is -0.146. The van der Waals surface area contributed by atoms with Crippen molar-refractivity contribution in [1.82, 2.24) is 0 Å². The molecule has 2 aromatic carbocycles. The van der Waals surface area contributed by atoms with Gasteiger partial charge in [0.1, 0.15) is 18.2 Å². The van der Waals surface area contributed by atoms with E-state index in [1.807, 2.05) is 24.3 Å². The summed E-state index contributed by atoms with van der Waals surface area (Å²) in [5, 5.41) is 17.8. The third kappa shape index (κ3) is 6.93. The minimum atomic E-state index is -1.25. The van der Waals surface area contributed by atoms with E-state index < -0.39 is 12.1 Å². The van der Waals surface area contributed by atoms with E-state index in [1.54, 1.807) is 12.1 Å². The molecule has 0 spiro atoms. The van der Waals surface area contributed by atoms with Crippen LogP contribution in [0.1, 0.15) is 36.8 Å². The smallest absolute Gasteiger partial charge is 0.332 e. The van der Waals surface area contributed by atoms with Crippen LogP contribution in [0.5, 0.6) is 5.75 Å². The van der Waals surface area contributed by atoms with E-state index in [0.29, 0.717) is 19.4 Å². The van der Waals surface area contributed by atoms with Gasteiger partial charge in [-0.25, -0.2) is 9.18 Å². The van der Waals surface area contributed by atoms with Crippen LogP contribution >= 0.6 is 0 Å². The number of aliphatic hydroxyl groups excluding tert-OH is 1. The Kier molecular flexibility index (Phi) is 7.41. The molecule has 4 nitrogen and oxygen atoms in total. The van der Waals surface area contributed by atoms with Gasteiger partial charge in [0.25, 0.3) is 0 Å². The zero-order valence-corrected chi connectivity index (χ0v) is 14.0. The monoisotopic (exact) mass is 346 g/mol. The van der Waals surface area contributed by atoms with Crippen LogP contribution in [0.3, 0.4) is 0 Å². The number of unbranched alkanes of at least 4 members (excludes halogenated alkanes) is 2. The summed E-state index contributed by atoms with van der Waals surface area (Å²) in [5.41, 5.74) is 2.10. The first-order valence-corrected chi connectivity index (χ1v) is 8.41. The lowest BCUT2D eigenvalue weighted by atomic mass is 10.0. The standard InChI is InChI=1S/C20H23FO4/c21-17-10-6-16(7-11-17)14-25-18-12-8-15(9-13-18)4-2-1-3-5-19(22)20(23)24/h6-13,19,22H,1-5,14H2,(H,23,24). The molecule has 1 atom stereocenters. The molecule has 2 aromatic rings. The zero-order chi connectivity index (χ0) is 18.1. The van der Waals surface area contributed by atoms with Crippen molar-refractivity contribution >= 4 is 5.97 Å². The molecule has 0 heterocycles. The van der Waals surface area contributed by atoms with E-state index in [0.717, 1.165) is 30.6 Å². The molecule has 5 heteroatoms. The molecule has 0 aromatic heterocycles. The Morgan fingerprint density at radius 3 is 2.24 bits per heavy atom. The first kappa shape index (κ1) is 18.9. The summed E-state index contributed by atoms with van der Waals surface area (Å²) in [6.45, 7) is 0.394. The highest BCUT2D eigenvalue weighted by Crippen LogP contribution is 2.16. The van der Waals surface area contributed by atoms with Gasteiger partial charge in [0, 0.05) is 0 Å². The summed E-state index contributed by atoms with van der Waals surface area (Å²) in [7, 11) is 0. The van der Waals surface area contributed by atoms with Crippen LogP contribution in [0.15, 0.2) is 48.5 Å². The number of ether oxygens (including phenoxy) is 1. The fraction of sp³-hybridized carbons (Fsp3) is 0.350. The van der Waals surface area contributed by atoms with E-state index in [9.17, 15) is 14.3 Å². The second-order valence-electron chi connectivity index (χ2n) is 6.01. The number of aliphatic hydroxyl groups is 1. The molecule has 2 N–H and O–H groups in total. The van der Waals surface area contributed by atoms with Gasteiger partial charge in [-0.3, -0.25) is 0 Å². The molecule has 0 aliphatic heterocycles. The van der Waals surface area contributed by atoms with E-state index in [4.69, 9.17) is 9.84 Å². The van der Waals surface area contributed by atoms with Crippen LogP contribution in [0.2, 0.25) is 0 Å². The number of aryl methyl sites for hydroxylation is 1. The van der Waals surface area contributed by atoms with Crippen LogP contribution in [-0.4, -0.2) is 22.3 Å². The maximum absolute atomic E-state index is 12.8. The minimum absolute atomic E-state index is 0.259. The molecule has 2 rings (SSSR count). The number of benzene rings is 2. The molecule has 0 saturated carbocycles. The second-order valence-corrected chi connectivity index (χ2v) is 6.01. The fourth-order valence-electron chi connectivity index (χ4n) is 2.47. The Morgan fingerprint density at radius 2 is 1.60 bits per heavy atom. The third-order valence-electron chi connectivity index (χ3n) is 3.97. The highest BCUT2D eigenvalue weighted by molar-refractivity contribution is 5.71. The van der Waals surface area contributed by atoms with E-state index >= 15 is 0 Å². The van der Waals surface area contributed by atoms with Gasteiger partial charge in [-0.1, -0.05) is 37.1 Å². The van der Waals surface area contributed by atoms with Crippen molar-refractivity contribution < 1.29 is 24.1 Å². The molecule has 0 amide bonds. The van der Waals surface area contributed by atoms with Gasteiger partial charge in [0.15, 0.2) is 6.10 Å². The van der Waals surface area contributed by atoms with E-state index in [1.165, 1.54) is 17.7 Å². The van der Waals surface area contributed by atoms with Crippen molar-refractivity contribution in [2.24, 2.45) is 0 Å². The fourth-order valence-corrected chi connectivity index (χ4v) is 2.47. The van der Waals surface area contributed by atoms with E-state index in [-0.39, 0.29) is 5.82 Å². The van der Waals surface area contributed by atoms with Gasteiger partial charge in [0.05, 0.1) is 0 Å². The van der Waals surface area contributed by atoms with Gasteiger partial charge in [-0.15, -0.1) is 0 Å². The van der Waals surface area contributed by atoms with Crippen molar-refractivity contribution in [3.05, 3.63) is 65.5 Å². The number of hydrogen-bond acceptors (Lipinski definition) is 3. The Morgan fingerprint density at radius 1 is 0.960 bits per heavy atom. The minimum Gasteiger partial charge on any atom is -0.489 e. The van der Waals surface area contributed by atoms with Crippen molar-refractivity contribution in [3.63, 3.8) is 0 Å². The van der Waals surface area contributed by atoms with Crippen LogP contribution in [0, 0.1) is 5.82 Å². The van der Waals surface area contributed by atoms with Gasteiger partial charge >= 0.3 is 5.97 Å². The number of rotatable bonds is 10. The number of halogens is 1. The lowest BCUT2D eigenvalue weighted by Gasteiger charge is -2.08. The highest BCUT2D eigenvalue weighted by atomic mass is 19.1. The molecule has 0 aliphatic carbocycles. The van der Waals surface area contributed by atoms with Crippen molar-refractivity contribution in [2.75, 3.05) is 0 Å². The van der Waals surface area contributed by atoms with Crippen molar-refractivity contribution in [1.29, 1.82) is 0 Å². The molecule has 134 valence electrons.